The molecule has 0 aromatic carbocycles. The van der Waals surface area contributed by atoms with Gasteiger partial charge >= 0.3 is 0 Å². The van der Waals surface area contributed by atoms with Crippen LogP contribution in [0.4, 0.5) is 0 Å². The molecule has 2 amide bonds. The molecule has 0 saturated carbocycles. The monoisotopic (exact) mass is 199 g/mol. The normalized spacial score (nSPS) is 12.7. The maximum absolute atomic E-state index is 11.1. The first-order valence-corrected chi connectivity index (χ1v) is 4.57. The Labute approximate surface area is 83.5 Å². The molecule has 0 aliphatic heterocycles. The summed E-state index contributed by atoms with van der Waals surface area (Å²) in [5, 5.41) is 2.47. The van der Waals surface area contributed by atoms with Crippen LogP contribution >= 0.6 is 0 Å². The Morgan fingerprint density at radius 2 is 2.14 bits per heavy atom. The lowest BCUT2D eigenvalue weighted by molar-refractivity contribution is -0.125. The van der Waals surface area contributed by atoms with Gasteiger partial charge < -0.3 is 16.8 Å². The molecule has 0 heterocycles. The number of allylic oxidation sites excluding steroid dienone is 1. The Kier molecular flexibility index (Phi) is 6.39. The van der Waals surface area contributed by atoms with Crippen LogP contribution in [0.2, 0.25) is 0 Å². The molecular formula is C9H17N3O2. The quantitative estimate of drug-likeness (QED) is 0.543. The minimum absolute atomic E-state index is 0.131. The second-order valence-corrected chi connectivity index (χ2v) is 2.98. The number of rotatable bonds is 6. The molecule has 0 aromatic heterocycles. The van der Waals surface area contributed by atoms with Crippen molar-refractivity contribution in [3.05, 3.63) is 12.3 Å². The molecule has 0 bridgehead atoms. The summed E-state index contributed by atoms with van der Waals surface area (Å²) in [6, 6.07) is -0.862. The third-order valence-corrected chi connectivity index (χ3v) is 1.56. The summed E-state index contributed by atoms with van der Waals surface area (Å²) in [6.07, 6.45) is 5.14. The topological polar surface area (TPSA) is 98.2 Å². The summed E-state index contributed by atoms with van der Waals surface area (Å²) in [7, 11) is 0. The fraction of sp³-hybridized carbons (Fsp3) is 0.556. The summed E-state index contributed by atoms with van der Waals surface area (Å²) in [4.78, 5) is 21.6. The molecule has 0 radical (unpaired) electrons. The maximum Gasteiger partial charge on any atom is 0.241 e. The lowest BCUT2D eigenvalue weighted by Crippen LogP contribution is -2.41. The molecule has 0 spiro atoms. The Bertz CT molecular complexity index is 226. The number of carbonyl (C=O) groups is 2. The van der Waals surface area contributed by atoms with E-state index in [2.05, 4.69) is 5.32 Å². The summed E-state index contributed by atoms with van der Waals surface area (Å²) in [6.45, 7) is 2.03. The highest BCUT2D eigenvalue weighted by Gasteiger charge is 2.13. The van der Waals surface area contributed by atoms with Crippen LogP contribution in [0.3, 0.4) is 0 Å². The first-order chi connectivity index (χ1) is 6.57. The minimum Gasteiger partial charge on any atom is -0.370 e. The van der Waals surface area contributed by atoms with E-state index >= 15 is 0 Å². The van der Waals surface area contributed by atoms with E-state index in [1.807, 2.05) is 13.0 Å². The molecular weight excluding hydrogens is 182 g/mol. The SMILES string of the molecule is CCC/C=C/NC(=O)C(N)CC(N)=O. The van der Waals surface area contributed by atoms with E-state index in [1.54, 1.807) is 0 Å². The number of primary amides is 1. The Hall–Kier alpha value is -1.36. The van der Waals surface area contributed by atoms with Crippen LogP contribution in [0, 0.1) is 0 Å². The van der Waals surface area contributed by atoms with E-state index in [0.29, 0.717) is 0 Å². The van der Waals surface area contributed by atoms with Gasteiger partial charge in [0.2, 0.25) is 11.8 Å². The molecule has 0 rings (SSSR count). The van der Waals surface area contributed by atoms with Crippen molar-refractivity contribution in [3.63, 3.8) is 0 Å². The number of hydrogen-bond donors (Lipinski definition) is 3. The van der Waals surface area contributed by atoms with Gasteiger partial charge in [0.25, 0.3) is 0 Å². The summed E-state index contributed by atoms with van der Waals surface area (Å²) in [5.41, 5.74) is 10.3. The number of carbonyl (C=O) groups excluding carboxylic acids is 2. The second kappa shape index (κ2) is 7.08. The van der Waals surface area contributed by atoms with Crippen molar-refractivity contribution >= 4 is 11.8 Å². The van der Waals surface area contributed by atoms with E-state index in [-0.39, 0.29) is 6.42 Å². The van der Waals surface area contributed by atoms with E-state index < -0.39 is 17.9 Å². The molecule has 0 aliphatic carbocycles. The van der Waals surface area contributed by atoms with Crippen molar-refractivity contribution in [1.29, 1.82) is 0 Å². The average Bonchev–Trinajstić information content (AvgIpc) is 2.11. The molecule has 0 aromatic rings. The zero-order valence-electron chi connectivity index (χ0n) is 8.32. The number of nitrogens with one attached hydrogen (secondary N) is 1. The lowest BCUT2D eigenvalue weighted by atomic mass is 10.2. The van der Waals surface area contributed by atoms with Gasteiger partial charge in [-0.3, -0.25) is 9.59 Å². The van der Waals surface area contributed by atoms with Gasteiger partial charge in [-0.2, -0.15) is 0 Å². The van der Waals surface area contributed by atoms with Crippen LogP contribution in [0.25, 0.3) is 0 Å². The van der Waals surface area contributed by atoms with Gasteiger partial charge in [-0.05, 0) is 12.6 Å². The van der Waals surface area contributed by atoms with Crippen molar-refractivity contribution in [2.75, 3.05) is 0 Å². The second-order valence-electron chi connectivity index (χ2n) is 2.98. The predicted molar refractivity (Wildman–Crippen MR) is 54.0 cm³/mol. The summed E-state index contributed by atoms with van der Waals surface area (Å²) in [5.74, 6) is -0.971. The van der Waals surface area contributed by atoms with Gasteiger partial charge in [0, 0.05) is 0 Å². The van der Waals surface area contributed by atoms with Gasteiger partial charge in [0.1, 0.15) is 0 Å². The zero-order chi connectivity index (χ0) is 11.0. The van der Waals surface area contributed by atoms with E-state index in [0.717, 1.165) is 12.8 Å². The standard InChI is InChI=1S/C9H17N3O2/c1-2-3-4-5-12-9(14)7(10)6-8(11)13/h4-5,7H,2-3,6,10H2,1H3,(H2,11,13)(H,12,14)/b5-4+. The highest BCUT2D eigenvalue weighted by molar-refractivity contribution is 5.87. The van der Waals surface area contributed by atoms with Gasteiger partial charge in [-0.1, -0.05) is 19.4 Å². The molecule has 0 fully saturated rings. The zero-order valence-corrected chi connectivity index (χ0v) is 8.32. The van der Waals surface area contributed by atoms with Gasteiger partial charge in [0.15, 0.2) is 0 Å². The first-order valence-electron chi connectivity index (χ1n) is 4.57. The third-order valence-electron chi connectivity index (χ3n) is 1.56. The lowest BCUT2D eigenvalue weighted by Gasteiger charge is -2.06. The first kappa shape index (κ1) is 12.6. The maximum atomic E-state index is 11.1. The smallest absolute Gasteiger partial charge is 0.241 e. The van der Waals surface area contributed by atoms with Crippen LogP contribution in [-0.2, 0) is 9.59 Å². The molecule has 1 unspecified atom stereocenters. The van der Waals surface area contributed by atoms with Crippen molar-refractivity contribution in [2.24, 2.45) is 11.5 Å². The average molecular weight is 199 g/mol. The van der Waals surface area contributed by atoms with Crippen LogP contribution < -0.4 is 16.8 Å². The van der Waals surface area contributed by atoms with E-state index in [4.69, 9.17) is 11.5 Å². The molecule has 5 heteroatoms. The summed E-state index contributed by atoms with van der Waals surface area (Å²) >= 11 is 0. The van der Waals surface area contributed by atoms with Gasteiger partial charge in [-0.15, -0.1) is 0 Å². The molecule has 14 heavy (non-hydrogen) atoms. The summed E-state index contributed by atoms with van der Waals surface area (Å²) < 4.78 is 0. The fourth-order valence-corrected chi connectivity index (χ4v) is 0.808. The van der Waals surface area contributed by atoms with Crippen LogP contribution in [0.5, 0.6) is 0 Å². The number of unbranched alkanes of at least 4 members (excludes halogenated alkanes) is 1. The van der Waals surface area contributed by atoms with Crippen molar-refractivity contribution < 1.29 is 9.59 Å². The molecule has 0 aliphatic rings. The van der Waals surface area contributed by atoms with E-state index in [9.17, 15) is 9.59 Å². The molecule has 5 nitrogen and oxygen atoms in total. The molecule has 1 atom stereocenters. The highest BCUT2D eigenvalue weighted by Crippen LogP contribution is 1.89. The number of hydrogen-bond acceptors (Lipinski definition) is 3. The van der Waals surface area contributed by atoms with Crippen molar-refractivity contribution in [3.8, 4) is 0 Å². The number of amides is 2. The highest BCUT2D eigenvalue weighted by atomic mass is 16.2. The Morgan fingerprint density at radius 1 is 1.50 bits per heavy atom. The molecule has 0 saturated heterocycles. The van der Waals surface area contributed by atoms with Crippen LogP contribution in [0.15, 0.2) is 12.3 Å². The molecule has 5 N–H and O–H groups in total. The van der Waals surface area contributed by atoms with Crippen molar-refractivity contribution in [1.82, 2.24) is 5.32 Å². The van der Waals surface area contributed by atoms with Crippen LogP contribution in [0.1, 0.15) is 26.2 Å². The molecule has 80 valence electrons. The Balaban J connectivity index is 3.78. The third kappa shape index (κ3) is 6.19. The van der Waals surface area contributed by atoms with E-state index in [1.165, 1.54) is 6.20 Å². The van der Waals surface area contributed by atoms with Gasteiger partial charge in [0.05, 0.1) is 12.5 Å². The van der Waals surface area contributed by atoms with Crippen molar-refractivity contribution in [2.45, 2.75) is 32.2 Å². The minimum atomic E-state index is -0.862. The van der Waals surface area contributed by atoms with Crippen LogP contribution in [-0.4, -0.2) is 17.9 Å². The largest absolute Gasteiger partial charge is 0.370 e. The number of nitrogens with two attached hydrogens (primary N) is 2. The predicted octanol–water partition coefficient (Wildman–Crippen LogP) is -0.381. The Morgan fingerprint density at radius 3 is 2.64 bits per heavy atom. The van der Waals surface area contributed by atoms with Gasteiger partial charge in [-0.25, -0.2) is 0 Å². The fourth-order valence-electron chi connectivity index (χ4n) is 0.808.